The van der Waals surface area contributed by atoms with Crippen molar-refractivity contribution in [1.29, 1.82) is 0 Å². The Labute approximate surface area is 130 Å². The summed E-state index contributed by atoms with van der Waals surface area (Å²) in [6.07, 6.45) is 5.01. The van der Waals surface area contributed by atoms with Gasteiger partial charge in [0.15, 0.2) is 6.61 Å². The number of carbonyl (C=O) groups excluding carboxylic acids is 1. The monoisotopic (exact) mass is 311 g/mol. The van der Waals surface area contributed by atoms with Gasteiger partial charge < -0.3 is 15.2 Å². The van der Waals surface area contributed by atoms with Crippen LogP contribution in [0.25, 0.3) is 0 Å². The van der Waals surface area contributed by atoms with Gasteiger partial charge in [-0.3, -0.25) is 4.79 Å². The van der Waals surface area contributed by atoms with Crippen LogP contribution in [0, 0.1) is 0 Å². The van der Waals surface area contributed by atoms with E-state index in [-0.39, 0.29) is 18.6 Å². The molecule has 1 atom stereocenters. The Morgan fingerprint density at radius 2 is 2.14 bits per heavy atom. The van der Waals surface area contributed by atoms with Gasteiger partial charge in [-0.25, -0.2) is 0 Å². The van der Waals surface area contributed by atoms with E-state index >= 15 is 0 Å². The van der Waals surface area contributed by atoms with E-state index in [9.17, 15) is 9.90 Å². The van der Waals surface area contributed by atoms with Crippen molar-refractivity contribution in [2.45, 2.75) is 51.2 Å². The summed E-state index contributed by atoms with van der Waals surface area (Å²) in [7, 11) is 0. The minimum absolute atomic E-state index is 0.0438. The van der Waals surface area contributed by atoms with Crippen molar-refractivity contribution in [3.8, 4) is 5.75 Å². The number of ether oxygens (including phenoxy) is 1. The van der Waals surface area contributed by atoms with Crippen LogP contribution in [0.3, 0.4) is 0 Å². The molecule has 5 heteroatoms. The van der Waals surface area contributed by atoms with Gasteiger partial charge in [0.1, 0.15) is 5.75 Å². The first-order valence-corrected chi connectivity index (χ1v) is 7.83. The fourth-order valence-electron chi connectivity index (χ4n) is 2.64. The maximum Gasteiger partial charge on any atom is 0.258 e. The lowest BCUT2D eigenvalue weighted by atomic mass is 9.95. The molecule has 21 heavy (non-hydrogen) atoms. The molecule has 1 aromatic rings. The van der Waals surface area contributed by atoms with Gasteiger partial charge in [-0.15, -0.1) is 0 Å². The fraction of sp³-hybridized carbons (Fsp3) is 0.562. The zero-order valence-electron chi connectivity index (χ0n) is 12.3. The molecule has 1 unspecified atom stereocenters. The topological polar surface area (TPSA) is 58.6 Å². The first kappa shape index (κ1) is 16.1. The molecule has 2 rings (SSSR count). The van der Waals surface area contributed by atoms with Crippen LogP contribution in [-0.2, 0) is 4.79 Å². The van der Waals surface area contributed by atoms with Crippen LogP contribution in [0.5, 0.6) is 5.75 Å². The largest absolute Gasteiger partial charge is 0.483 e. The summed E-state index contributed by atoms with van der Waals surface area (Å²) < 4.78 is 5.53. The van der Waals surface area contributed by atoms with Gasteiger partial charge >= 0.3 is 0 Å². The average molecular weight is 312 g/mol. The molecule has 2 N–H and O–H groups in total. The average Bonchev–Trinajstić information content (AvgIpc) is 2.47. The number of rotatable bonds is 5. The Morgan fingerprint density at radius 1 is 1.43 bits per heavy atom. The summed E-state index contributed by atoms with van der Waals surface area (Å²) in [6.45, 7) is 1.60. The standard InChI is InChI=1S/C16H22ClNO3/c1-11(19)14-9-12(17)7-8-15(14)21-10-16(20)18-13-5-3-2-4-6-13/h7-9,11,13,19H,2-6,10H2,1H3,(H,18,20). The lowest BCUT2D eigenvalue weighted by Crippen LogP contribution is -2.39. The molecule has 1 amide bonds. The first-order chi connectivity index (χ1) is 10.1. The molecule has 0 radical (unpaired) electrons. The number of amides is 1. The third-order valence-electron chi connectivity index (χ3n) is 3.75. The summed E-state index contributed by atoms with van der Waals surface area (Å²) in [5, 5.41) is 13.2. The van der Waals surface area contributed by atoms with E-state index < -0.39 is 6.10 Å². The lowest BCUT2D eigenvalue weighted by molar-refractivity contribution is -0.124. The fourth-order valence-corrected chi connectivity index (χ4v) is 2.82. The molecule has 0 spiro atoms. The molecule has 1 aliphatic rings. The third kappa shape index (κ3) is 4.90. The van der Waals surface area contributed by atoms with Gasteiger partial charge in [0.25, 0.3) is 5.91 Å². The predicted octanol–water partition coefficient (Wildman–Crippen LogP) is 3.22. The van der Waals surface area contributed by atoms with Gasteiger partial charge in [0.2, 0.25) is 0 Å². The molecule has 1 fully saturated rings. The number of hydrogen-bond acceptors (Lipinski definition) is 3. The van der Waals surface area contributed by atoms with E-state index in [1.807, 2.05) is 0 Å². The number of aliphatic hydroxyl groups is 1. The molecule has 1 aliphatic carbocycles. The molecule has 0 aliphatic heterocycles. The maximum atomic E-state index is 11.9. The van der Waals surface area contributed by atoms with Crippen LogP contribution in [0.4, 0.5) is 0 Å². The van der Waals surface area contributed by atoms with Crippen LogP contribution >= 0.6 is 11.6 Å². The van der Waals surface area contributed by atoms with E-state index in [2.05, 4.69) is 5.32 Å². The third-order valence-corrected chi connectivity index (χ3v) is 3.99. The minimum Gasteiger partial charge on any atom is -0.483 e. The van der Waals surface area contributed by atoms with Crippen LogP contribution < -0.4 is 10.1 Å². The second-order valence-corrected chi connectivity index (χ2v) is 5.99. The molecule has 0 bridgehead atoms. The number of aliphatic hydroxyl groups excluding tert-OH is 1. The summed E-state index contributed by atoms with van der Waals surface area (Å²) in [5.41, 5.74) is 0.591. The van der Waals surface area contributed by atoms with E-state index in [4.69, 9.17) is 16.3 Å². The molecular formula is C16H22ClNO3. The minimum atomic E-state index is -0.694. The number of carbonyl (C=O) groups is 1. The normalized spacial score (nSPS) is 17.3. The number of hydrogen-bond donors (Lipinski definition) is 2. The van der Waals surface area contributed by atoms with Crippen molar-refractivity contribution in [1.82, 2.24) is 5.32 Å². The van der Waals surface area contributed by atoms with Crippen molar-refractivity contribution in [3.63, 3.8) is 0 Å². The second kappa shape index (κ2) is 7.66. The summed E-state index contributed by atoms with van der Waals surface area (Å²) in [6, 6.07) is 5.29. The quantitative estimate of drug-likeness (QED) is 0.878. The smallest absolute Gasteiger partial charge is 0.258 e. The highest BCUT2D eigenvalue weighted by atomic mass is 35.5. The van der Waals surface area contributed by atoms with E-state index in [0.29, 0.717) is 16.3 Å². The number of nitrogens with one attached hydrogen (secondary N) is 1. The molecule has 1 saturated carbocycles. The summed E-state index contributed by atoms with van der Waals surface area (Å²) in [4.78, 5) is 11.9. The molecule has 0 heterocycles. The van der Waals surface area contributed by atoms with E-state index in [0.717, 1.165) is 12.8 Å². The first-order valence-electron chi connectivity index (χ1n) is 7.46. The lowest BCUT2D eigenvalue weighted by Gasteiger charge is -2.23. The van der Waals surface area contributed by atoms with E-state index in [1.54, 1.807) is 25.1 Å². The number of benzene rings is 1. The highest BCUT2D eigenvalue weighted by molar-refractivity contribution is 6.30. The van der Waals surface area contributed by atoms with Crippen LogP contribution in [0.2, 0.25) is 5.02 Å². The highest BCUT2D eigenvalue weighted by Gasteiger charge is 2.17. The maximum absolute atomic E-state index is 11.9. The SMILES string of the molecule is CC(O)c1cc(Cl)ccc1OCC(=O)NC1CCCCC1. The van der Waals surface area contributed by atoms with Crippen LogP contribution in [0.15, 0.2) is 18.2 Å². The van der Waals surface area contributed by atoms with Gasteiger partial charge in [0.05, 0.1) is 6.10 Å². The Morgan fingerprint density at radius 3 is 2.81 bits per heavy atom. The van der Waals surface area contributed by atoms with Crippen molar-refractivity contribution in [2.75, 3.05) is 6.61 Å². The summed E-state index contributed by atoms with van der Waals surface area (Å²) in [5.74, 6) is 0.376. The Balaban J connectivity index is 1.88. The van der Waals surface area contributed by atoms with Crippen LogP contribution in [-0.4, -0.2) is 23.7 Å². The Bertz CT molecular complexity index is 484. The van der Waals surface area contributed by atoms with Crippen molar-refractivity contribution in [3.05, 3.63) is 28.8 Å². The molecule has 0 aromatic heterocycles. The molecule has 0 saturated heterocycles. The van der Waals surface area contributed by atoms with Crippen molar-refractivity contribution in [2.24, 2.45) is 0 Å². The van der Waals surface area contributed by atoms with Gasteiger partial charge in [-0.05, 0) is 38.0 Å². The highest BCUT2D eigenvalue weighted by Crippen LogP contribution is 2.28. The molecule has 116 valence electrons. The van der Waals surface area contributed by atoms with Gasteiger partial charge in [0, 0.05) is 16.6 Å². The number of halogens is 1. The Kier molecular flexibility index (Phi) is 5.88. The summed E-state index contributed by atoms with van der Waals surface area (Å²) >= 11 is 5.91. The Hall–Kier alpha value is -1.26. The molecule has 1 aromatic carbocycles. The zero-order valence-corrected chi connectivity index (χ0v) is 13.0. The van der Waals surface area contributed by atoms with Gasteiger partial charge in [-0.1, -0.05) is 30.9 Å². The van der Waals surface area contributed by atoms with Crippen LogP contribution in [0.1, 0.15) is 50.7 Å². The van der Waals surface area contributed by atoms with Gasteiger partial charge in [-0.2, -0.15) is 0 Å². The predicted molar refractivity (Wildman–Crippen MR) is 82.6 cm³/mol. The van der Waals surface area contributed by atoms with Crippen molar-refractivity contribution >= 4 is 17.5 Å². The second-order valence-electron chi connectivity index (χ2n) is 5.55. The zero-order chi connectivity index (χ0) is 15.2. The molecule has 4 nitrogen and oxygen atoms in total. The van der Waals surface area contributed by atoms with E-state index in [1.165, 1.54) is 19.3 Å². The van der Waals surface area contributed by atoms with Crippen molar-refractivity contribution < 1.29 is 14.6 Å². The molecular weight excluding hydrogens is 290 g/mol.